The van der Waals surface area contributed by atoms with Gasteiger partial charge in [-0.3, -0.25) is 62.9 Å². The van der Waals surface area contributed by atoms with Crippen LogP contribution in [0.2, 0.25) is 0 Å². The molecule has 0 saturated carbocycles. The van der Waals surface area contributed by atoms with Gasteiger partial charge in [0.05, 0.1) is 23.4 Å². The lowest BCUT2D eigenvalue weighted by Gasteiger charge is -2.29. The molecule has 82 heavy (non-hydrogen) atoms. The Balaban J connectivity index is 0.792. The van der Waals surface area contributed by atoms with Crippen molar-refractivity contribution in [2.24, 2.45) is 5.73 Å². The first-order valence-electron chi connectivity index (χ1n) is 27.3. The number of imide groups is 1. The summed E-state index contributed by atoms with van der Waals surface area (Å²) in [6.07, 6.45) is 6.71. The van der Waals surface area contributed by atoms with Crippen molar-refractivity contribution in [2.45, 2.75) is 145 Å². The molecule has 8 N–H and O–H groups in total. The number of nitrogens with zero attached hydrogens (tertiary/aromatic N) is 3. The zero-order valence-corrected chi connectivity index (χ0v) is 45.5. The first-order valence-corrected chi connectivity index (χ1v) is 28.9. The number of piperidine rings is 1. The highest BCUT2D eigenvalue weighted by atomic mass is 31.2. The van der Waals surface area contributed by atoms with Crippen molar-refractivity contribution in [1.82, 2.24) is 30.8 Å². The average Bonchev–Trinajstić information content (AvgIpc) is 4.37. The van der Waals surface area contributed by atoms with Crippen molar-refractivity contribution in [3.05, 3.63) is 130 Å². The number of benzene rings is 3. The Hall–Kier alpha value is -8.25. The number of ketones is 2. The van der Waals surface area contributed by atoms with Crippen LogP contribution in [-0.4, -0.2) is 102 Å². The van der Waals surface area contributed by atoms with Gasteiger partial charge in [0.1, 0.15) is 35.3 Å². The molecular formula is C59H61F2N8O12P. The van der Waals surface area contributed by atoms with Crippen molar-refractivity contribution in [1.29, 1.82) is 0 Å². The third-order valence-corrected chi connectivity index (χ3v) is 16.6. The number of H-pyrrole nitrogens is 1. The van der Waals surface area contributed by atoms with Crippen LogP contribution in [-0.2, 0) is 63.2 Å². The predicted molar refractivity (Wildman–Crippen MR) is 294 cm³/mol. The van der Waals surface area contributed by atoms with Gasteiger partial charge >= 0.3 is 13.3 Å². The average molecular weight is 1140 g/mol. The molecule has 9 rings (SSSR count). The lowest BCUT2D eigenvalue weighted by atomic mass is 9.85. The number of nitrogens with two attached hydrogens (primary N) is 1. The molecule has 5 aromatic rings. The molecule has 4 aliphatic rings. The van der Waals surface area contributed by atoms with Crippen molar-refractivity contribution in [2.75, 3.05) is 4.90 Å². The molecule has 1 saturated heterocycles. The van der Waals surface area contributed by atoms with E-state index >= 15 is 0 Å². The number of unbranched alkanes of at least 4 members (excludes halogenated alkanes) is 6. The van der Waals surface area contributed by atoms with E-state index in [0.717, 1.165) is 61.1 Å². The van der Waals surface area contributed by atoms with Crippen LogP contribution < -0.4 is 26.6 Å². The number of Topliss-reactive ketones (excluding diaryl/α,β-unsaturated/α-hetero) is 2. The minimum absolute atomic E-state index is 0.0120. The summed E-state index contributed by atoms with van der Waals surface area (Å²) in [5, 5.41) is 7.78. The fraction of sp³-hybridized carbons (Fsp3) is 0.390. The van der Waals surface area contributed by atoms with E-state index in [2.05, 4.69) is 37.8 Å². The van der Waals surface area contributed by atoms with Crippen LogP contribution in [0.15, 0.2) is 85.1 Å². The Kier molecular flexibility index (Phi) is 17.7. The first-order chi connectivity index (χ1) is 39.2. The Labute approximate surface area is 469 Å². The van der Waals surface area contributed by atoms with E-state index in [9.17, 15) is 66.3 Å². The normalized spacial score (nSPS) is 18.4. The Bertz CT molecular complexity index is 3500. The van der Waals surface area contributed by atoms with E-state index in [-0.39, 0.29) is 92.1 Å². The standard InChI is InChI=1S/C59H61F2N8O12P/c60-59(61,82(79,80)81)50-30-38-28-44(64-45(38)32-63-50)54(74)66-43-23-22-36-18-12-19-37-29-47(69(53(36)37)58(43)78)56(76)65-42(24-26-51(62)72)49(71)31-40(34-14-9-7-10-15-34)48(70)21-11-6-4-2-1-3-5-8-16-35-17-13-20-39-41(35)33-68(57(39)77)46-25-27-52(73)67-55(46)75/h7,9-10,12-15,17-20,28,30,32,40,42-43,46-47,64H,1-6,11,21-27,29,31,33H2,(H2,62,72)(H,65,76)(H,66,74)(H,67,73,75)(H2,79,80,81)/t40-,42-,43-,46?,47-/m0/s1. The molecule has 1 fully saturated rings. The van der Waals surface area contributed by atoms with Gasteiger partial charge in [-0.2, -0.15) is 8.78 Å². The molecule has 7 amide bonds. The highest BCUT2D eigenvalue weighted by molar-refractivity contribution is 7.52. The lowest BCUT2D eigenvalue weighted by Crippen LogP contribution is -2.56. The summed E-state index contributed by atoms with van der Waals surface area (Å²) < 4.78 is 40.5. The number of para-hydroxylation sites is 1. The second-order valence-corrected chi connectivity index (χ2v) is 22.8. The molecule has 428 valence electrons. The van der Waals surface area contributed by atoms with Crippen LogP contribution in [0, 0.1) is 11.8 Å². The highest BCUT2D eigenvalue weighted by Crippen LogP contribution is 2.59. The van der Waals surface area contributed by atoms with Gasteiger partial charge in [0, 0.05) is 67.5 Å². The number of hydrogen-bond donors (Lipinski definition) is 7. The fourth-order valence-electron chi connectivity index (χ4n) is 11.2. The molecule has 6 heterocycles. The van der Waals surface area contributed by atoms with Gasteiger partial charge in [-0.05, 0) is 85.0 Å². The topological polar surface area (TPSA) is 308 Å². The number of rotatable bonds is 23. The second kappa shape index (κ2) is 24.9. The molecule has 3 aromatic carbocycles. The summed E-state index contributed by atoms with van der Waals surface area (Å²) in [6.45, 7) is 0.246. The fourth-order valence-corrected chi connectivity index (χ4v) is 11.7. The van der Waals surface area contributed by atoms with Crippen LogP contribution in [0.4, 0.5) is 14.5 Å². The number of hydrogen-bond acceptors (Lipinski definition) is 11. The molecule has 5 atom stereocenters. The SMILES string of the molecule is NC(=O)CC[C@H](NC(=O)[C@@H]1Cc2cccc3c2N1C(=O)[C@@H](NC(=O)c1cc2cc(C(F)(F)P(=O)(O)O)ncc2[nH]1)CC3)C(=O)C[C@H](C(=O)CCCCCCCCC#Cc1cccc2c1CN(C1CCC(=O)NC1=O)C2=O)c1ccccc1. The number of fused-ring (bicyclic) bond motifs is 2. The van der Waals surface area contributed by atoms with Gasteiger partial charge in [-0.15, -0.1) is 0 Å². The zero-order valence-electron chi connectivity index (χ0n) is 44.6. The van der Waals surface area contributed by atoms with Gasteiger partial charge in [-0.1, -0.05) is 92.1 Å². The van der Waals surface area contributed by atoms with Crippen LogP contribution >= 0.6 is 7.60 Å². The van der Waals surface area contributed by atoms with Gasteiger partial charge in [0.25, 0.3) is 11.8 Å². The van der Waals surface area contributed by atoms with Gasteiger partial charge < -0.3 is 36.0 Å². The number of anilines is 1. The van der Waals surface area contributed by atoms with E-state index in [1.54, 1.807) is 60.7 Å². The summed E-state index contributed by atoms with van der Waals surface area (Å²) in [5.74, 6) is 0.893. The number of primary amides is 1. The molecule has 0 aliphatic carbocycles. The number of pyridine rings is 1. The maximum atomic E-state index is 14.6. The highest BCUT2D eigenvalue weighted by Gasteiger charge is 2.52. The van der Waals surface area contributed by atoms with Crippen molar-refractivity contribution >= 4 is 77.1 Å². The number of aromatic amines is 1. The number of aromatic nitrogens is 2. The van der Waals surface area contributed by atoms with Crippen molar-refractivity contribution in [3.8, 4) is 11.8 Å². The number of aryl methyl sites for hydroxylation is 1. The third-order valence-electron chi connectivity index (χ3n) is 15.6. The maximum Gasteiger partial charge on any atom is 0.401 e. The summed E-state index contributed by atoms with van der Waals surface area (Å²) in [7, 11) is -5.94. The van der Waals surface area contributed by atoms with E-state index in [1.165, 1.54) is 15.9 Å². The second-order valence-electron chi connectivity index (χ2n) is 21.2. The number of carbonyl (C=O) groups excluding carboxylic acids is 9. The van der Waals surface area contributed by atoms with Crippen LogP contribution in [0.3, 0.4) is 0 Å². The number of carbonyl (C=O) groups is 9. The van der Waals surface area contributed by atoms with Crippen LogP contribution in [0.25, 0.3) is 10.9 Å². The van der Waals surface area contributed by atoms with Gasteiger partial charge in [-0.25, -0.2) is 0 Å². The lowest BCUT2D eigenvalue weighted by molar-refractivity contribution is -0.137. The monoisotopic (exact) mass is 1140 g/mol. The van der Waals surface area contributed by atoms with Crippen molar-refractivity contribution in [3.63, 3.8) is 0 Å². The molecule has 1 unspecified atom stereocenters. The Morgan fingerprint density at radius 1 is 0.866 bits per heavy atom. The number of amides is 7. The summed E-state index contributed by atoms with van der Waals surface area (Å²) in [6, 6.07) is 17.0. The minimum atomic E-state index is -5.94. The van der Waals surface area contributed by atoms with Gasteiger partial charge in [0.15, 0.2) is 5.78 Å². The van der Waals surface area contributed by atoms with E-state index in [4.69, 9.17) is 5.73 Å². The van der Waals surface area contributed by atoms with E-state index in [1.807, 2.05) is 6.07 Å². The number of alkyl halides is 2. The minimum Gasteiger partial charge on any atom is -0.370 e. The molecule has 4 aliphatic heterocycles. The molecule has 23 heteroatoms. The number of halogens is 2. The van der Waals surface area contributed by atoms with E-state index in [0.29, 0.717) is 41.6 Å². The molecule has 0 bridgehead atoms. The maximum absolute atomic E-state index is 14.6. The molecule has 20 nitrogen and oxygen atoms in total. The largest absolute Gasteiger partial charge is 0.401 e. The summed E-state index contributed by atoms with van der Waals surface area (Å²) >= 11 is 0. The van der Waals surface area contributed by atoms with E-state index < -0.39 is 84.4 Å². The molecule has 2 aromatic heterocycles. The zero-order chi connectivity index (χ0) is 58.5. The van der Waals surface area contributed by atoms with Crippen molar-refractivity contribution < 1.29 is 66.3 Å². The van der Waals surface area contributed by atoms with Crippen LogP contribution in [0.1, 0.15) is 150 Å². The Morgan fingerprint density at radius 2 is 1.60 bits per heavy atom. The predicted octanol–water partition coefficient (Wildman–Crippen LogP) is 5.79. The summed E-state index contributed by atoms with van der Waals surface area (Å²) in [5.41, 5.74) is 4.14. The molecule has 0 radical (unpaired) electrons. The third kappa shape index (κ3) is 12.8. The van der Waals surface area contributed by atoms with Crippen LogP contribution in [0.5, 0.6) is 0 Å². The summed E-state index contributed by atoms with van der Waals surface area (Å²) in [4.78, 5) is 148. The quantitative estimate of drug-likeness (QED) is 0.0177. The Morgan fingerprint density at radius 3 is 2.34 bits per heavy atom. The molecule has 0 spiro atoms. The number of nitrogens with one attached hydrogen (secondary N) is 4. The smallest absolute Gasteiger partial charge is 0.370 e. The first kappa shape index (κ1) is 58.4. The molecular weight excluding hydrogens is 1080 g/mol. The van der Waals surface area contributed by atoms with Gasteiger partial charge in [0.2, 0.25) is 29.5 Å².